The lowest BCUT2D eigenvalue weighted by Gasteiger charge is -2.10. The number of ether oxygens (including phenoxy) is 1. The fraction of sp³-hybridized carbons (Fsp3) is 0.143. The van der Waals surface area contributed by atoms with E-state index in [1.165, 1.54) is 12.1 Å². The van der Waals surface area contributed by atoms with Gasteiger partial charge in [-0.1, -0.05) is 29.3 Å². The van der Waals surface area contributed by atoms with Crippen molar-refractivity contribution < 1.29 is 9.13 Å². The molecule has 0 radical (unpaired) electrons. The van der Waals surface area contributed by atoms with Crippen LogP contribution in [0, 0.1) is 5.82 Å². The topological polar surface area (TPSA) is 21.3 Å². The van der Waals surface area contributed by atoms with Crippen LogP contribution in [0.4, 0.5) is 10.1 Å². The fourth-order valence-electron chi connectivity index (χ4n) is 1.68. The Hall–Kier alpha value is -0.970. The second-order valence-electron chi connectivity index (χ2n) is 4.08. The van der Waals surface area contributed by atoms with Crippen LogP contribution in [0.15, 0.2) is 34.8 Å². The molecule has 2 nitrogen and oxygen atoms in total. The van der Waals surface area contributed by atoms with E-state index in [0.717, 1.165) is 15.8 Å². The second-order valence-corrected chi connectivity index (χ2v) is 5.75. The molecule has 0 unspecified atom stereocenters. The monoisotopic (exact) mass is 377 g/mol. The molecule has 0 aromatic heterocycles. The molecule has 1 N–H and O–H groups in total. The van der Waals surface area contributed by atoms with Crippen LogP contribution in [-0.2, 0) is 6.54 Å². The molecule has 0 heterocycles. The van der Waals surface area contributed by atoms with Crippen molar-refractivity contribution in [3.05, 3.63) is 56.2 Å². The number of benzene rings is 2. The zero-order valence-electron chi connectivity index (χ0n) is 10.5. The predicted molar refractivity (Wildman–Crippen MR) is 84.4 cm³/mol. The average molecular weight is 379 g/mol. The van der Waals surface area contributed by atoms with E-state index in [-0.39, 0.29) is 10.0 Å². The lowest BCUT2D eigenvalue weighted by atomic mass is 10.2. The molecule has 0 aliphatic rings. The van der Waals surface area contributed by atoms with E-state index in [4.69, 9.17) is 27.9 Å². The summed E-state index contributed by atoms with van der Waals surface area (Å²) in [5.41, 5.74) is 1.70. The number of methoxy groups -OCH3 is 1. The molecule has 20 heavy (non-hydrogen) atoms. The number of anilines is 1. The summed E-state index contributed by atoms with van der Waals surface area (Å²) in [7, 11) is 1.61. The van der Waals surface area contributed by atoms with Crippen molar-refractivity contribution in [2.24, 2.45) is 0 Å². The molecule has 2 aromatic carbocycles. The van der Waals surface area contributed by atoms with Crippen LogP contribution in [0.25, 0.3) is 0 Å². The van der Waals surface area contributed by atoms with Gasteiger partial charge in [0.15, 0.2) is 5.82 Å². The number of hydrogen-bond acceptors (Lipinski definition) is 2. The quantitative estimate of drug-likeness (QED) is 0.707. The highest BCUT2D eigenvalue weighted by molar-refractivity contribution is 9.10. The predicted octanol–water partition coefficient (Wildman–Crippen LogP) is 5.52. The molecule has 0 saturated heterocycles. The normalized spacial score (nSPS) is 10.4. The van der Waals surface area contributed by atoms with Crippen molar-refractivity contribution in [3.63, 3.8) is 0 Å². The third-order valence-corrected chi connectivity index (χ3v) is 3.87. The summed E-state index contributed by atoms with van der Waals surface area (Å²) in [6, 6.07) is 8.75. The first kappa shape index (κ1) is 15.4. The average Bonchev–Trinajstić information content (AvgIpc) is 2.42. The Bertz CT molecular complexity index is 614. The molecule has 2 rings (SSSR count). The minimum Gasteiger partial charge on any atom is -0.496 e. The van der Waals surface area contributed by atoms with E-state index < -0.39 is 5.82 Å². The minimum absolute atomic E-state index is 0.00379. The van der Waals surface area contributed by atoms with Crippen LogP contribution in [-0.4, -0.2) is 7.11 Å². The summed E-state index contributed by atoms with van der Waals surface area (Å²) in [6.07, 6.45) is 0. The summed E-state index contributed by atoms with van der Waals surface area (Å²) < 4.78 is 19.3. The zero-order valence-corrected chi connectivity index (χ0v) is 13.6. The Kier molecular flexibility index (Phi) is 5.13. The summed E-state index contributed by atoms with van der Waals surface area (Å²) in [4.78, 5) is 0. The first-order valence-electron chi connectivity index (χ1n) is 5.72. The smallest absolute Gasteiger partial charge is 0.160 e. The van der Waals surface area contributed by atoms with E-state index in [2.05, 4.69) is 21.2 Å². The van der Waals surface area contributed by atoms with Gasteiger partial charge < -0.3 is 10.1 Å². The maximum atomic E-state index is 13.3. The van der Waals surface area contributed by atoms with Crippen molar-refractivity contribution in [3.8, 4) is 5.75 Å². The fourth-order valence-corrected chi connectivity index (χ4v) is 2.76. The Morgan fingerprint density at radius 3 is 2.40 bits per heavy atom. The van der Waals surface area contributed by atoms with E-state index in [1.807, 2.05) is 18.2 Å². The summed E-state index contributed by atoms with van der Waals surface area (Å²) >= 11 is 14.9. The second kappa shape index (κ2) is 6.66. The summed E-state index contributed by atoms with van der Waals surface area (Å²) in [5, 5.41) is 3.13. The van der Waals surface area contributed by atoms with Crippen LogP contribution in [0.5, 0.6) is 5.75 Å². The van der Waals surface area contributed by atoms with Crippen LogP contribution in [0.1, 0.15) is 5.56 Å². The first-order valence-corrected chi connectivity index (χ1v) is 7.27. The Morgan fingerprint density at radius 1 is 1.20 bits per heavy atom. The molecule has 2 aromatic rings. The SMILES string of the molecule is COc1ccc(CNc2cc(Cl)c(F)c(Cl)c2)cc1Br. The summed E-state index contributed by atoms with van der Waals surface area (Å²) in [5.74, 6) is 0.160. The first-order chi connectivity index (χ1) is 9.51. The van der Waals surface area contributed by atoms with Crippen molar-refractivity contribution in [2.45, 2.75) is 6.54 Å². The van der Waals surface area contributed by atoms with Gasteiger partial charge in [-0.3, -0.25) is 0 Å². The van der Waals surface area contributed by atoms with Crippen molar-refractivity contribution >= 4 is 44.8 Å². The third-order valence-electron chi connectivity index (χ3n) is 2.70. The van der Waals surface area contributed by atoms with E-state index in [0.29, 0.717) is 12.2 Å². The van der Waals surface area contributed by atoms with Gasteiger partial charge in [0, 0.05) is 12.2 Å². The van der Waals surface area contributed by atoms with Crippen molar-refractivity contribution in [1.82, 2.24) is 0 Å². The van der Waals surface area contributed by atoms with Gasteiger partial charge in [-0.05, 0) is 45.8 Å². The summed E-state index contributed by atoms with van der Waals surface area (Å²) in [6.45, 7) is 0.556. The highest BCUT2D eigenvalue weighted by Gasteiger charge is 2.07. The van der Waals surface area contributed by atoms with Gasteiger partial charge in [0.2, 0.25) is 0 Å². The van der Waals surface area contributed by atoms with Gasteiger partial charge in [-0.15, -0.1) is 0 Å². The zero-order chi connectivity index (χ0) is 14.7. The van der Waals surface area contributed by atoms with Gasteiger partial charge in [-0.25, -0.2) is 4.39 Å². The van der Waals surface area contributed by atoms with E-state index in [9.17, 15) is 4.39 Å². The molecule has 0 aliphatic heterocycles. The van der Waals surface area contributed by atoms with Gasteiger partial charge >= 0.3 is 0 Å². The molecule has 0 aliphatic carbocycles. The van der Waals surface area contributed by atoms with Crippen LogP contribution >= 0.6 is 39.1 Å². The Balaban J connectivity index is 2.11. The maximum absolute atomic E-state index is 13.3. The largest absolute Gasteiger partial charge is 0.496 e. The van der Waals surface area contributed by atoms with Crippen LogP contribution in [0.2, 0.25) is 10.0 Å². The molecule has 0 bridgehead atoms. The third kappa shape index (κ3) is 3.57. The van der Waals surface area contributed by atoms with E-state index in [1.54, 1.807) is 7.11 Å². The van der Waals surface area contributed by atoms with Crippen LogP contribution in [0.3, 0.4) is 0 Å². The number of hydrogen-bond donors (Lipinski definition) is 1. The molecule has 0 saturated carbocycles. The lowest BCUT2D eigenvalue weighted by Crippen LogP contribution is -2.00. The number of rotatable bonds is 4. The van der Waals surface area contributed by atoms with Gasteiger partial charge in [-0.2, -0.15) is 0 Å². The standard InChI is InChI=1S/C14H11BrCl2FNO/c1-20-13-3-2-8(4-10(13)15)7-19-9-5-11(16)14(18)12(17)6-9/h2-6,19H,7H2,1H3. The molecule has 106 valence electrons. The molecule has 0 spiro atoms. The molecular formula is C14H11BrCl2FNO. The number of halogens is 4. The van der Waals surface area contributed by atoms with Gasteiger partial charge in [0.05, 0.1) is 21.6 Å². The highest BCUT2D eigenvalue weighted by Crippen LogP contribution is 2.29. The Morgan fingerprint density at radius 2 is 1.85 bits per heavy atom. The molecule has 0 fully saturated rings. The molecule has 0 atom stereocenters. The maximum Gasteiger partial charge on any atom is 0.160 e. The molecular weight excluding hydrogens is 368 g/mol. The van der Waals surface area contributed by atoms with Crippen LogP contribution < -0.4 is 10.1 Å². The van der Waals surface area contributed by atoms with E-state index >= 15 is 0 Å². The van der Waals surface area contributed by atoms with Gasteiger partial charge in [0.1, 0.15) is 5.75 Å². The molecule has 6 heteroatoms. The van der Waals surface area contributed by atoms with Crippen molar-refractivity contribution in [2.75, 3.05) is 12.4 Å². The lowest BCUT2D eigenvalue weighted by molar-refractivity contribution is 0.412. The highest BCUT2D eigenvalue weighted by atomic mass is 79.9. The minimum atomic E-state index is -0.605. The van der Waals surface area contributed by atoms with Crippen molar-refractivity contribution in [1.29, 1.82) is 0 Å². The Labute approximate surface area is 135 Å². The van der Waals surface area contributed by atoms with Gasteiger partial charge in [0.25, 0.3) is 0 Å². The number of nitrogens with one attached hydrogen (secondary N) is 1. The molecule has 0 amide bonds.